The van der Waals surface area contributed by atoms with Crippen LogP contribution in [-0.2, 0) is 6.42 Å². The molecule has 0 unspecified atom stereocenters. The quantitative estimate of drug-likeness (QED) is 0.876. The predicted molar refractivity (Wildman–Crippen MR) is 67.0 cm³/mol. The Balaban J connectivity index is 2.17. The van der Waals surface area contributed by atoms with Crippen molar-refractivity contribution in [1.29, 1.82) is 0 Å². The molecular weight excluding hydrogens is 270 g/mol. The fourth-order valence-corrected chi connectivity index (χ4v) is 2.23. The fourth-order valence-electron chi connectivity index (χ4n) is 2.23. The van der Waals surface area contributed by atoms with Crippen molar-refractivity contribution in [2.75, 3.05) is 13.1 Å². The SMILES string of the molecule is Cc1c(C(=O)NCC(F)(F)CN)oc2c1C(=O)CCC2. The number of aryl methyl sites for hydroxylation is 1. The molecule has 1 aromatic rings. The van der Waals surface area contributed by atoms with Gasteiger partial charge in [0.15, 0.2) is 11.5 Å². The van der Waals surface area contributed by atoms with Crippen LogP contribution in [0.5, 0.6) is 0 Å². The van der Waals surface area contributed by atoms with Gasteiger partial charge in [-0.05, 0) is 13.3 Å². The van der Waals surface area contributed by atoms with Crippen LogP contribution in [0.1, 0.15) is 45.1 Å². The van der Waals surface area contributed by atoms with E-state index in [0.29, 0.717) is 36.1 Å². The summed E-state index contributed by atoms with van der Waals surface area (Å²) >= 11 is 0. The highest BCUT2D eigenvalue weighted by atomic mass is 19.3. The fraction of sp³-hybridized carbons (Fsp3) is 0.538. The number of rotatable bonds is 4. The monoisotopic (exact) mass is 286 g/mol. The van der Waals surface area contributed by atoms with Crippen LogP contribution < -0.4 is 11.1 Å². The summed E-state index contributed by atoms with van der Waals surface area (Å²) in [5, 5.41) is 2.08. The van der Waals surface area contributed by atoms with Gasteiger partial charge in [-0.2, -0.15) is 0 Å². The molecule has 1 aromatic heterocycles. The standard InChI is InChI=1S/C13H16F2N2O3/c1-7-10-8(18)3-2-4-9(10)20-11(7)12(19)17-6-13(14,15)5-16/h2-6,16H2,1H3,(H,17,19). The molecule has 1 heterocycles. The molecule has 1 amide bonds. The molecule has 3 N–H and O–H groups in total. The van der Waals surface area contributed by atoms with Crippen LogP contribution in [0.4, 0.5) is 8.78 Å². The van der Waals surface area contributed by atoms with Gasteiger partial charge in [0.25, 0.3) is 11.8 Å². The molecule has 1 aliphatic carbocycles. The van der Waals surface area contributed by atoms with Crippen molar-refractivity contribution in [1.82, 2.24) is 5.32 Å². The minimum atomic E-state index is -3.16. The van der Waals surface area contributed by atoms with Crippen LogP contribution in [0.15, 0.2) is 4.42 Å². The maximum absolute atomic E-state index is 13.0. The normalized spacial score (nSPS) is 15.1. The first-order chi connectivity index (χ1) is 9.35. The molecule has 0 aliphatic heterocycles. The first-order valence-corrected chi connectivity index (χ1v) is 6.37. The Kier molecular flexibility index (Phi) is 3.89. The van der Waals surface area contributed by atoms with Crippen LogP contribution in [0.3, 0.4) is 0 Å². The summed E-state index contributed by atoms with van der Waals surface area (Å²) in [4.78, 5) is 23.6. The highest BCUT2D eigenvalue weighted by molar-refractivity contribution is 6.03. The maximum Gasteiger partial charge on any atom is 0.287 e. The van der Waals surface area contributed by atoms with Gasteiger partial charge in [0.1, 0.15) is 5.76 Å². The number of carbonyl (C=O) groups is 2. The summed E-state index contributed by atoms with van der Waals surface area (Å²) in [6.07, 6.45) is 1.67. The minimum Gasteiger partial charge on any atom is -0.455 e. The number of nitrogens with two attached hydrogens (primary N) is 1. The first kappa shape index (κ1) is 14.6. The first-order valence-electron chi connectivity index (χ1n) is 6.37. The molecule has 2 rings (SSSR count). The molecule has 0 saturated carbocycles. The van der Waals surface area contributed by atoms with E-state index >= 15 is 0 Å². The van der Waals surface area contributed by atoms with Crippen LogP contribution in [-0.4, -0.2) is 30.7 Å². The lowest BCUT2D eigenvalue weighted by Gasteiger charge is -2.13. The summed E-state index contributed by atoms with van der Waals surface area (Å²) < 4.78 is 31.3. The highest BCUT2D eigenvalue weighted by Gasteiger charge is 2.31. The topological polar surface area (TPSA) is 85.3 Å². The lowest BCUT2D eigenvalue weighted by atomic mass is 9.94. The number of alkyl halides is 2. The maximum atomic E-state index is 13.0. The molecule has 0 atom stereocenters. The lowest BCUT2D eigenvalue weighted by molar-refractivity contribution is 0.0115. The Hall–Kier alpha value is -1.76. The number of ketones is 1. The number of Topliss-reactive ketones (excluding diaryl/α,β-unsaturated/α-hetero) is 1. The van der Waals surface area contributed by atoms with Gasteiger partial charge in [0.2, 0.25) is 0 Å². The summed E-state index contributed by atoms with van der Waals surface area (Å²) in [6, 6.07) is 0. The Morgan fingerprint density at radius 3 is 2.75 bits per heavy atom. The van der Waals surface area contributed by atoms with E-state index in [-0.39, 0.29) is 11.5 Å². The van der Waals surface area contributed by atoms with E-state index < -0.39 is 24.9 Å². The van der Waals surface area contributed by atoms with Crippen LogP contribution >= 0.6 is 0 Å². The third-order valence-corrected chi connectivity index (χ3v) is 3.32. The van der Waals surface area contributed by atoms with Gasteiger partial charge in [-0.15, -0.1) is 0 Å². The van der Waals surface area contributed by atoms with E-state index in [1.54, 1.807) is 6.92 Å². The van der Waals surface area contributed by atoms with E-state index in [1.165, 1.54) is 0 Å². The Morgan fingerprint density at radius 2 is 2.15 bits per heavy atom. The average molecular weight is 286 g/mol. The number of hydrogen-bond donors (Lipinski definition) is 2. The Labute approximate surface area is 114 Å². The second-order valence-corrected chi connectivity index (χ2v) is 4.87. The van der Waals surface area contributed by atoms with Gasteiger partial charge < -0.3 is 15.5 Å². The average Bonchev–Trinajstić information content (AvgIpc) is 2.75. The zero-order valence-electron chi connectivity index (χ0n) is 11.1. The number of halogens is 2. The molecule has 20 heavy (non-hydrogen) atoms. The number of hydrogen-bond acceptors (Lipinski definition) is 4. The molecule has 110 valence electrons. The van der Waals surface area contributed by atoms with Crippen LogP contribution in [0, 0.1) is 6.92 Å². The van der Waals surface area contributed by atoms with Crippen molar-refractivity contribution >= 4 is 11.7 Å². The number of amides is 1. The number of furan rings is 1. The molecule has 0 bridgehead atoms. The zero-order chi connectivity index (χ0) is 14.9. The van der Waals surface area contributed by atoms with Crippen molar-refractivity contribution in [2.24, 2.45) is 5.73 Å². The van der Waals surface area contributed by atoms with E-state index in [9.17, 15) is 18.4 Å². The van der Waals surface area contributed by atoms with Crippen molar-refractivity contribution in [3.63, 3.8) is 0 Å². The Bertz CT molecular complexity index is 552. The summed E-state index contributed by atoms with van der Waals surface area (Å²) in [6.45, 7) is -0.123. The van der Waals surface area contributed by atoms with E-state index in [1.807, 2.05) is 0 Å². The van der Waals surface area contributed by atoms with Crippen LogP contribution in [0.25, 0.3) is 0 Å². The molecule has 0 spiro atoms. The third kappa shape index (κ3) is 2.72. The molecule has 0 radical (unpaired) electrons. The highest BCUT2D eigenvalue weighted by Crippen LogP contribution is 2.29. The molecule has 0 saturated heterocycles. The molecule has 1 aliphatic rings. The van der Waals surface area contributed by atoms with Gasteiger partial charge >= 0.3 is 0 Å². The molecular formula is C13H16F2N2O3. The largest absolute Gasteiger partial charge is 0.455 e. The minimum absolute atomic E-state index is 0.0705. The summed E-state index contributed by atoms with van der Waals surface area (Å²) in [5.74, 6) is -3.59. The van der Waals surface area contributed by atoms with Crippen molar-refractivity contribution in [2.45, 2.75) is 32.1 Å². The molecule has 5 nitrogen and oxygen atoms in total. The second kappa shape index (κ2) is 5.32. The zero-order valence-corrected chi connectivity index (χ0v) is 11.1. The second-order valence-electron chi connectivity index (χ2n) is 4.87. The molecule has 0 fully saturated rings. The van der Waals surface area contributed by atoms with Crippen molar-refractivity contribution < 1.29 is 22.8 Å². The van der Waals surface area contributed by atoms with Gasteiger partial charge in [0, 0.05) is 18.4 Å². The summed E-state index contributed by atoms with van der Waals surface area (Å²) in [5.41, 5.74) is 5.73. The van der Waals surface area contributed by atoms with E-state index in [0.717, 1.165) is 0 Å². The number of nitrogens with one attached hydrogen (secondary N) is 1. The molecule has 0 aromatic carbocycles. The van der Waals surface area contributed by atoms with Crippen molar-refractivity contribution in [3.8, 4) is 0 Å². The Morgan fingerprint density at radius 1 is 1.45 bits per heavy atom. The third-order valence-electron chi connectivity index (χ3n) is 3.32. The van der Waals surface area contributed by atoms with Gasteiger partial charge in [-0.25, -0.2) is 8.78 Å². The van der Waals surface area contributed by atoms with E-state index in [4.69, 9.17) is 10.2 Å². The van der Waals surface area contributed by atoms with Crippen molar-refractivity contribution in [3.05, 3.63) is 22.6 Å². The number of fused-ring (bicyclic) bond motifs is 1. The number of carbonyl (C=O) groups excluding carboxylic acids is 2. The van der Waals surface area contributed by atoms with Gasteiger partial charge in [-0.1, -0.05) is 0 Å². The van der Waals surface area contributed by atoms with Gasteiger partial charge in [0.05, 0.1) is 18.7 Å². The predicted octanol–water partition coefficient (Wildman–Crippen LogP) is 1.43. The van der Waals surface area contributed by atoms with Gasteiger partial charge in [-0.3, -0.25) is 9.59 Å². The lowest BCUT2D eigenvalue weighted by Crippen LogP contribution is -2.41. The summed E-state index contributed by atoms with van der Waals surface area (Å²) in [7, 11) is 0. The van der Waals surface area contributed by atoms with E-state index in [2.05, 4.69) is 5.32 Å². The van der Waals surface area contributed by atoms with Crippen LogP contribution in [0.2, 0.25) is 0 Å². The molecule has 7 heteroatoms. The smallest absolute Gasteiger partial charge is 0.287 e.